The number of ether oxygens (including phenoxy) is 4. The van der Waals surface area contributed by atoms with Crippen molar-refractivity contribution >= 4 is 17.5 Å². The lowest BCUT2D eigenvalue weighted by atomic mass is 9.96. The lowest BCUT2D eigenvalue weighted by Gasteiger charge is -2.38. The highest BCUT2D eigenvalue weighted by Gasteiger charge is 2.41. The summed E-state index contributed by atoms with van der Waals surface area (Å²) >= 11 is 0. The van der Waals surface area contributed by atoms with E-state index < -0.39 is 5.97 Å². The number of hydrogen-bond donors (Lipinski definition) is 1. The van der Waals surface area contributed by atoms with Crippen molar-refractivity contribution in [1.29, 1.82) is 0 Å². The average Bonchev–Trinajstić information content (AvgIpc) is 3.23. The number of aromatic nitrogens is 2. The summed E-state index contributed by atoms with van der Waals surface area (Å²) < 4.78 is 37.5. The molecular formula is C29H41FN4O6. The number of carboxylic acids is 1. The fourth-order valence-electron chi connectivity index (χ4n) is 5.59. The van der Waals surface area contributed by atoms with Crippen molar-refractivity contribution in [3.63, 3.8) is 0 Å². The third-order valence-electron chi connectivity index (χ3n) is 7.76. The first kappa shape index (κ1) is 29.8. The molecule has 10 nitrogen and oxygen atoms in total. The summed E-state index contributed by atoms with van der Waals surface area (Å²) in [5.74, 6) is 0.676. The highest BCUT2D eigenvalue weighted by molar-refractivity contribution is 5.68. The molecule has 2 aliphatic rings. The van der Waals surface area contributed by atoms with Gasteiger partial charge in [-0.05, 0) is 25.5 Å². The quantitative estimate of drug-likeness (QED) is 0.361. The highest BCUT2D eigenvalue weighted by Crippen LogP contribution is 2.34. The summed E-state index contributed by atoms with van der Waals surface area (Å²) in [7, 11) is 1.66. The summed E-state index contributed by atoms with van der Waals surface area (Å²) in [4.78, 5) is 24.7. The lowest BCUT2D eigenvalue weighted by Crippen LogP contribution is -2.44. The topological polar surface area (TPSA) is 106 Å². The Bertz CT molecular complexity index is 1110. The smallest absolute Gasteiger partial charge is 0.305 e. The molecule has 11 heteroatoms. The van der Waals surface area contributed by atoms with E-state index in [1.54, 1.807) is 31.6 Å². The highest BCUT2D eigenvalue weighted by atomic mass is 19.1. The second kappa shape index (κ2) is 13.9. The third kappa shape index (κ3) is 7.31. The molecule has 3 heterocycles. The standard InChI is InChI=1S/C29H41FN4O6/c1-5-38-21-7-8-22(30)24(13-21)33-10-9-25(19(2)17-33)40-28-16-31-27(15-32-28)34-18-26(39-12-6-11-37-4)20(3)23(34)14-29(35)36/h7-8,13,15-16,19-20,23,25-26H,5-6,9-12,14,17-18H2,1-4H3,(H,35,36)/t19-,20-,23-,25+,26-/m0/s1. The van der Waals surface area contributed by atoms with E-state index in [0.29, 0.717) is 69.0 Å². The molecule has 5 atom stereocenters. The minimum Gasteiger partial charge on any atom is -0.494 e. The van der Waals surface area contributed by atoms with Crippen molar-refractivity contribution in [2.45, 2.75) is 58.3 Å². The van der Waals surface area contributed by atoms with E-state index in [4.69, 9.17) is 18.9 Å². The van der Waals surface area contributed by atoms with Gasteiger partial charge >= 0.3 is 5.97 Å². The molecule has 1 N–H and O–H groups in total. The number of halogens is 1. The van der Waals surface area contributed by atoms with Crippen LogP contribution in [-0.4, -0.2) is 85.9 Å². The molecule has 2 aromatic rings. The summed E-state index contributed by atoms with van der Waals surface area (Å²) in [6.45, 7) is 9.51. The van der Waals surface area contributed by atoms with Gasteiger partial charge in [0.15, 0.2) is 0 Å². The van der Waals surface area contributed by atoms with Gasteiger partial charge in [-0.25, -0.2) is 14.4 Å². The van der Waals surface area contributed by atoms with Gasteiger partial charge in [0.05, 0.1) is 37.2 Å². The van der Waals surface area contributed by atoms with E-state index in [2.05, 4.69) is 16.9 Å². The molecule has 0 radical (unpaired) electrons. The fraction of sp³-hybridized carbons (Fsp3) is 0.621. The van der Waals surface area contributed by atoms with Crippen LogP contribution in [0.3, 0.4) is 0 Å². The minimum absolute atomic E-state index is 0.0107. The Kier molecular flexibility index (Phi) is 10.4. The molecule has 2 saturated heterocycles. The third-order valence-corrected chi connectivity index (χ3v) is 7.76. The van der Waals surface area contributed by atoms with Crippen molar-refractivity contribution in [1.82, 2.24) is 9.97 Å². The van der Waals surface area contributed by atoms with Crippen molar-refractivity contribution in [2.24, 2.45) is 11.8 Å². The minimum atomic E-state index is -0.861. The number of anilines is 2. The van der Waals surface area contributed by atoms with Crippen molar-refractivity contribution in [3.8, 4) is 11.6 Å². The number of hydrogen-bond acceptors (Lipinski definition) is 9. The number of carboxylic acid groups (broad SMARTS) is 1. The van der Waals surface area contributed by atoms with Gasteiger partial charge in [-0.2, -0.15) is 0 Å². The van der Waals surface area contributed by atoms with Gasteiger partial charge in [-0.1, -0.05) is 13.8 Å². The van der Waals surface area contributed by atoms with Crippen LogP contribution in [0.25, 0.3) is 0 Å². The van der Waals surface area contributed by atoms with Crippen LogP contribution in [0.4, 0.5) is 15.9 Å². The van der Waals surface area contributed by atoms with Crippen LogP contribution in [0.2, 0.25) is 0 Å². The van der Waals surface area contributed by atoms with Crippen LogP contribution in [-0.2, 0) is 14.3 Å². The molecule has 0 unspecified atom stereocenters. The van der Waals surface area contributed by atoms with Gasteiger partial charge in [0.25, 0.3) is 0 Å². The Morgan fingerprint density at radius 2 is 1.98 bits per heavy atom. The molecule has 2 fully saturated rings. The Morgan fingerprint density at radius 3 is 2.65 bits per heavy atom. The number of methoxy groups -OCH3 is 1. The molecule has 1 aromatic carbocycles. The molecule has 0 spiro atoms. The first-order chi connectivity index (χ1) is 19.3. The Labute approximate surface area is 235 Å². The molecule has 2 aliphatic heterocycles. The molecule has 1 aromatic heterocycles. The second-order valence-corrected chi connectivity index (χ2v) is 10.6. The van der Waals surface area contributed by atoms with E-state index in [0.717, 1.165) is 6.42 Å². The predicted octanol–water partition coefficient (Wildman–Crippen LogP) is 4.03. The van der Waals surface area contributed by atoms with Gasteiger partial charge in [0.2, 0.25) is 5.88 Å². The van der Waals surface area contributed by atoms with Gasteiger partial charge in [-0.15, -0.1) is 0 Å². The molecule has 0 aliphatic carbocycles. The number of rotatable bonds is 13. The van der Waals surface area contributed by atoms with Gasteiger partial charge in [0.1, 0.15) is 23.5 Å². The zero-order valence-corrected chi connectivity index (χ0v) is 23.8. The lowest BCUT2D eigenvalue weighted by molar-refractivity contribution is -0.137. The van der Waals surface area contributed by atoms with Gasteiger partial charge < -0.3 is 33.9 Å². The van der Waals surface area contributed by atoms with Gasteiger partial charge in [0, 0.05) is 70.3 Å². The Balaban J connectivity index is 1.37. The molecular weight excluding hydrogens is 519 g/mol. The summed E-state index contributed by atoms with van der Waals surface area (Å²) in [5.41, 5.74) is 0.539. The predicted molar refractivity (Wildman–Crippen MR) is 149 cm³/mol. The molecule has 4 rings (SSSR count). The van der Waals surface area contributed by atoms with E-state index in [1.807, 2.05) is 23.6 Å². The zero-order chi connectivity index (χ0) is 28.6. The second-order valence-electron chi connectivity index (χ2n) is 10.6. The number of carbonyl (C=O) groups is 1. The summed E-state index contributed by atoms with van der Waals surface area (Å²) in [6, 6.07) is 4.59. The fourth-order valence-corrected chi connectivity index (χ4v) is 5.59. The maximum Gasteiger partial charge on any atom is 0.305 e. The first-order valence-corrected chi connectivity index (χ1v) is 14.1. The van der Waals surface area contributed by atoms with E-state index in [9.17, 15) is 14.3 Å². The van der Waals surface area contributed by atoms with Crippen LogP contribution in [0, 0.1) is 17.7 Å². The molecule has 220 valence electrons. The number of piperidine rings is 1. The molecule has 0 saturated carbocycles. The zero-order valence-electron chi connectivity index (χ0n) is 23.8. The molecule has 40 heavy (non-hydrogen) atoms. The SMILES string of the molecule is CCOc1ccc(F)c(N2CC[C@@H](Oc3cnc(N4C[C@H](OCCCOC)[C@@H](C)[C@@H]4CC(=O)O)cn3)[C@@H](C)C2)c1. The van der Waals surface area contributed by atoms with E-state index >= 15 is 0 Å². The van der Waals surface area contributed by atoms with E-state index in [-0.39, 0.29) is 42.3 Å². The summed E-state index contributed by atoms with van der Waals surface area (Å²) in [6.07, 6.45) is 4.50. The maximum absolute atomic E-state index is 14.6. The van der Waals surface area contributed by atoms with Crippen LogP contribution in [0.5, 0.6) is 11.6 Å². The molecule has 0 bridgehead atoms. The monoisotopic (exact) mass is 560 g/mol. The number of benzene rings is 1. The number of aliphatic carboxylic acids is 1. The summed E-state index contributed by atoms with van der Waals surface area (Å²) in [5, 5.41) is 9.51. The van der Waals surface area contributed by atoms with Crippen LogP contribution in [0.15, 0.2) is 30.6 Å². The van der Waals surface area contributed by atoms with E-state index in [1.165, 1.54) is 6.07 Å². The van der Waals surface area contributed by atoms with Crippen LogP contribution < -0.4 is 19.3 Å². The van der Waals surface area contributed by atoms with Gasteiger partial charge in [-0.3, -0.25) is 4.79 Å². The first-order valence-electron chi connectivity index (χ1n) is 14.1. The average molecular weight is 561 g/mol. The Morgan fingerprint density at radius 1 is 1.15 bits per heavy atom. The van der Waals surface area contributed by atoms with Crippen LogP contribution in [0.1, 0.15) is 40.0 Å². The maximum atomic E-state index is 14.6. The molecule has 0 amide bonds. The van der Waals surface area contributed by atoms with Crippen LogP contribution >= 0.6 is 0 Å². The van der Waals surface area contributed by atoms with Crippen molar-refractivity contribution in [2.75, 3.05) is 56.4 Å². The Hall–Kier alpha value is -3.18. The number of nitrogens with zero attached hydrogens (tertiary/aromatic N) is 4. The largest absolute Gasteiger partial charge is 0.494 e. The normalized spacial score (nSPS) is 24.8. The van der Waals surface area contributed by atoms with Crippen molar-refractivity contribution < 1.29 is 33.2 Å². The van der Waals surface area contributed by atoms with Crippen molar-refractivity contribution in [3.05, 3.63) is 36.4 Å².